The van der Waals surface area contributed by atoms with Crippen LogP contribution in [0.3, 0.4) is 0 Å². The van der Waals surface area contributed by atoms with Gasteiger partial charge in [0, 0.05) is 11.8 Å². The average Bonchev–Trinajstić information content (AvgIpc) is 2.46. The highest BCUT2D eigenvalue weighted by Crippen LogP contribution is 2.14. The first-order valence-electron chi connectivity index (χ1n) is 7.64. The molecule has 0 aliphatic carbocycles. The summed E-state index contributed by atoms with van der Waals surface area (Å²) in [6.07, 6.45) is 6.73. The van der Waals surface area contributed by atoms with Crippen molar-refractivity contribution in [2.75, 3.05) is 0 Å². The van der Waals surface area contributed by atoms with Crippen molar-refractivity contribution in [1.82, 2.24) is 0 Å². The summed E-state index contributed by atoms with van der Waals surface area (Å²) >= 11 is 3.45. The van der Waals surface area contributed by atoms with Gasteiger partial charge in [-0.15, -0.1) is 0 Å². The SMILES string of the molecule is FC(F)CCCCCCCCCc1ccc(CBr)cc1. The topological polar surface area (TPSA) is 0 Å². The zero-order chi connectivity index (χ0) is 14.6. The number of alkyl halides is 3. The van der Waals surface area contributed by atoms with Crippen LogP contribution in [0.15, 0.2) is 24.3 Å². The van der Waals surface area contributed by atoms with E-state index in [9.17, 15) is 8.78 Å². The Morgan fingerprint density at radius 2 is 1.25 bits per heavy atom. The lowest BCUT2D eigenvalue weighted by Gasteiger charge is -2.04. The first kappa shape index (κ1) is 17.6. The lowest BCUT2D eigenvalue weighted by atomic mass is 10.0. The Labute approximate surface area is 130 Å². The number of halogens is 3. The van der Waals surface area contributed by atoms with E-state index in [4.69, 9.17) is 0 Å². The molecule has 1 aromatic rings. The van der Waals surface area contributed by atoms with Crippen LogP contribution in [0, 0.1) is 0 Å². The maximum absolute atomic E-state index is 11.9. The van der Waals surface area contributed by atoms with Gasteiger partial charge >= 0.3 is 0 Å². The first-order valence-corrected chi connectivity index (χ1v) is 8.76. The third-order valence-electron chi connectivity index (χ3n) is 3.57. The number of aryl methyl sites for hydroxylation is 1. The molecule has 0 N–H and O–H groups in total. The van der Waals surface area contributed by atoms with Crippen molar-refractivity contribution in [2.24, 2.45) is 0 Å². The minimum atomic E-state index is -2.12. The van der Waals surface area contributed by atoms with Crippen LogP contribution in [-0.2, 0) is 11.8 Å². The number of hydrogen-bond acceptors (Lipinski definition) is 0. The van der Waals surface area contributed by atoms with E-state index in [-0.39, 0.29) is 6.42 Å². The molecule has 20 heavy (non-hydrogen) atoms. The lowest BCUT2D eigenvalue weighted by Crippen LogP contribution is -1.90. The van der Waals surface area contributed by atoms with Gasteiger partial charge in [0.05, 0.1) is 0 Å². The molecule has 0 saturated heterocycles. The highest BCUT2D eigenvalue weighted by molar-refractivity contribution is 9.08. The van der Waals surface area contributed by atoms with Crippen molar-refractivity contribution in [3.05, 3.63) is 35.4 Å². The van der Waals surface area contributed by atoms with E-state index >= 15 is 0 Å². The molecule has 114 valence electrons. The van der Waals surface area contributed by atoms with E-state index < -0.39 is 6.43 Å². The highest BCUT2D eigenvalue weighted by atomic mass is 79.9. The Morgan fingerprint density at radius 1 is 0.750 bits per heavy atom. The van der Waals surface area contributed by atoms with Crippen LogP contribution < -0.4 is 0 Å². The predicted octanol–water partition coefficient (Wildman–Crippen LogP) is 6.51. The van der Waals surface area contributed by atoms with E-state index in [1.165, 1.54) is 36.8 Å². The maximum atomic E-state index is 11.9. The quantitative estimate of drug-likeness (QED) is 0.316. The fraction of sp³-hybridized carbons (Fsp3) is 0.647. The van der Waals surface area contributed by atoms with Gasteiger partial charge in [0.25, 0.3) is 0 Å². The van der Waals surface area contributed by atoms with Crippen molar-refractivity contribution >= 4 is 15.9 Å². The third-order valence-corrected chi connectivity index (χ3v) is 4.21. The number of rotatable bonds is 11. The molecule has 0 fully saturated rings. The van der Waals surface area contributed by atoms with Gasteiger partial charge in [0.2, 0.25) is 6.43 Å². The van der Waals surface area contributed by atoms with Crippen LogP contribution in [-0.4, -0.2) is 6.43 Å². The molecule has 3 heteroatoms. The standard InChI is InChI=1S/C17H25BrF2/c18-14-16-12-10-15(11-13-16)8-6-4-2-1-3-5-7-9-17(19)20/h10-13,17H,1-9,14H2. The molecule has 0 unspecified atom stereocenters. The second-order valence-electron chi connectivity index (χ2n) is 5.35. The molecule has 0 nitrogen and oxygen atoms in total. The zero-order valence-corrected chi connectivity index (χ0v) is 13.7. The summed E-state index contributed by atoms with van der Waals surface area (Å²) in [7, 11) is 0. The summed E-state index contributed by atoms with van der Waals surface area (Å²) in [5, 5.41) is 0.916. The van der Waals surface area contributed by atoms with Crippen LogP contribution in [0.2, 0.25) is 0 Å². The van der Waals surface area contributed by atoms with Gasteiger partial charge in [-0.3, -0.25) is 0 Å². The minimum absolute atomic E-state index is 0.0738. The minimum Gasteiger partial charge on any atom is -0.211 e. The second-order valence-corrected chi connectivity index (χ2v) is 5.92. The number of benzene rings is 1. The first-order chi connectivity index (χ1) is 9.72. The van der Waals surface area contributed by atoms with Crippen molar-refractivity contribution < 1.29 is 8.78 Å². The summed E-state index contributed by atoms with van der Waals surface area (Å²) in [5.74, 6) is 0. The van der Waals surface area contributed by atoms with Crippen LogP contribution >= 0.6 is 15.9 Å². The smallest absolute Gasteiger partial charge is 0.211 e. The molecule has 1 rings (SSSR count). The number of unbranched alkanes of at least 4 members (excludes halogenated alkanes) is 6. The van der Waals surface area contributed by atoms with E-state index in [2.05, 4.69) is 40.2 Å². The van der Waals surface area contributed by atoms with Crippen molar-refractivity contribution in [1.29, 1.82) is 0 Å². The third kappa shape index (κ3) is 8.68. The van der Waals surface area contributed by atoms with Crippen molar-refractivity contribution in [3.8, 4) is 0 Å². The average molecular weight is 347 g/mol. The molecule has 0 amide bonds. The molecular formula is C17H25BrF2. The van der Waals surface area contributed by atoms with Gasteiger partial charge in [-0.05, 0) is 30.4 Å². The Bertz CT molecular complexity index is 335. The van der Waals surface area contributed by atoms with Crippen LogP contribution in [0.5, 0.6) is 0 Å². The monoisotopic (exact) mass is 346 g/mol. The van der Waals surface area contributed by atoms with Crippen molar-refractivity contribution in [2.45, 2.75) is 69.5 Å². The van der Waals surface area contributed by atoms with E-state index in [0.29, 0.717) is 6.42 Å². The van der Waals surface area contributed by atoms with Gasteiger partial charge in [0.1, 0.15) is 0 Å². The molecule has 0 aromatic heterocycles. The van der Waals surface area contributed by atoms with Crippen LogP contribution in [0.4, 0.5) is 8.78 Å². The number of hydrogen-bond donors (Lipinski definition) is 0. The van der Waals surface area contributed by atoms with E-state index in [0.717, 1.165) is 24.6 Å². The molecule has 0 aliphatic heterocycles. The van der Waals surface area contributed by atoms with Crippen LogP contribution in [0.25, 0.3) is 0 Å². The molecule has 0 radical (unpaired) electrons. The Morgan fingerprint density at radius 3 is 1.80 bits per heavy atom. The van der Waals surface area contributed by atoms with Gasteiger partial charge in [-0.25, -0.2) is 8.78 Å². The molecule has 0 bridgehead atoms. The fourth-order valence-electron chi connectivity index (χ4n) is 2.31. The van der Waals surface area contributed by atoms with Crippen LogP contribution in [0.1, 0.15) is 62.5 Å². The van der Waals surface area contributed by atoms with Gasteiger partial charge < -0.3 is 0 Å². The Balaban J connectivity index is 1.94. The Hall–Kier alpha value is -0.440. The maximum Gasteiger partial charge on any atom is 0.238 e. The summed E-state index contributed by atoms with van der Waals surface area (Å²) in [6.45, 7) is 0. The molecular weight excluding hydrogens is 322 g/mol. The fourth-order valence-corrected chi connectivity index (χ4v) is 2.68. The molecule has 1 aromatic carbocycles. The Kier molecular flexibility index (Phi) is 9.90. The van der Waals surface area contributed by atoms with Gasteiger partial charge in [-0.2, -0.15) is 0 Å². The summed E-state index contributed by atoms with van der Waals surface area (Å²) in [6, 6.07) is 8.77. The second kappa shape index (κ2) is 11.2. The molecule has 0 aliphatic rings. The largest absolute Gasteiger partial charge is 0.238 e. The van der Waals surface area contributed by atoms with E-state index in [1.54, 1.807) is 0 Å². The predicted molar refractivity (Wildman–Crippen MR) is 85.7 cm³/mol. The normalized spacial score (nSPS) is 11.2. The molecule has 0 heterocycles. The highest BCUT2D eigenvalue weighted by Gasteiger charge is 2.01. The molecule has 0 spiro atoms. The van der Waals surface area contributed by atoms with E-state index in [1.807, 2.05) is 0 Å². The van der Waals surface area contributed by atoms with Gasteiger partial charge in [-0.1, -0.05) is 72.3 Å². The summed E-state index contributed by atoms with van der Waals surface area (Å²) < 4.78 is 23.8. The summed E-state index contributed by atoms with van der Waals surface area (Å²) in [5.41, 5.74) is 2.73. The summed E-state index contributed by atoms with van der Waals surface area (Å²) in [4.78, 5) is 0. The molecule has 0 atom stereocenters. The van der Waals surface area contributed by atoms with Crippen molar-refractivity contribution in [3.63, 3.8) is 0 Å². The lowest BCUT2D eigenvalue weighted by molar-refractivity contribution is 0.133. The van der Waals surface area contributed by atoms with Gasteiger partial charge in [0.15, 0.2) is 0 Å². The molecule has 0 saturated carbocycles. The zero-order valence-electron chi connectivity index (χ0n) is 12.1.